The predicted molar refractivity (Wildman–Crippen MR) is 79.2 cm³/mol. The first-order chi connectivity index (χ1) is 8.49. The van der Waals surface area contributed by atoms with E-state index in [0.29, 0.717) is 20.5 Å². The molecule has 3 nitrogen and oxygen atoms in total. The van der Waals surface area contributed by atoms with Gasteiger partial charge in [-0.25, -0.2) is 4.68 Å². The fraction of sp³-hybridized carbons (Fsp3) is 0.167. The number of rotatable bonds is 2. The summed E-state index contributed by atoms with van der Waals surface area (Å²) in [6.07, 6.45) is 1.58. The van der Waals surface area contributed by atoms with Gasteiger partial charge in [-0.15, -0.1) is 0 Å². The summed E-state index contributed by atoms with van der Waals surface area (Å²) < 4.78 is 2.46. The Morgan fingerprint density at radius 2 is 2.11 bits per heavy atom. The molecule has 0 fully saturated rings. The zero-order chi connectivity index (χ0) is 13.3. The van der Waals surface area contributed by atoms with E-state index in [1.165, 1.54) is 4.68 Å². The third-order valence-electron chi connectivity index (χ3n) is 2.47. The molecule has 0 N–H and O–H groups in total. The van der Waals surface area contributed by atoms with Gasteiger partial charge in [0.05, 0.1) is 17.2 Å². The Balaban J connectivity index is 2.41. The molecule has 6 heteroatoms. The van der Waals surface area contributed by atoms with Crippen molar-refractivity contribution in [1.29, 1.82) is 0 Å². The van der Waals surface area contributed by atoms with Crippen LogP contribution in [0.3, 0.4) is 0 Å². The molecular formula is C12H9Br2ClN2O. The number of aromatic nitrogens is 2. The second-order valence-electron chi connectivity index (χ2n) is 3.86. The molecule has 2 aromatic rings. The van der Waals surface area contributed by atoms with Crippen LogP contribution in [0.15, 0.2) is 38.1 Å². The fourth-order valence-corrected chi connectivity index (χ4v) is 2.36. The topological polar surface area (TPSA) is 34.9 Å². The van der Waals surface area contributed by atoms with Crippen molar-refractivity contribution in [2.75, 3.05) is 0 Å². The summed E-state index contributed by atoms with van der Waals surface area (Å²) in [7, 11) is 0. The molecule has 18 heavy (non-hydrogen) atoms. The second-order valence-corrected chi connectivity index (χ2v) is 5.92. The molecule has 0 atom stereocenters. The molecule has 0 saturated heterocycles. The van der Waals surface area contributed by atoms with Crippen LogP contribution < -0.4 is 5.56 Å². The highest BCUT2D eigenvalue weighted by molar-refractivity contribution is 9.13. The summed E-state index contributed by atoms with van der Waals surface area (Å²) in [4.78, 5) is 12.0. The molecule has 0 spiro atoms. The molecule has 0 aliphatic carbocycles. The van der Waals surface area contributed by atoms with Crippen LogP contribution in [0.5, 0.6) is 0 Å². The van der Waals surface area contributed by atoms with Gasteiger partial charge in [0.15, 0.2) is 0 Å². The smallest absolute Gasteiger partial charge is 0.266 e. The van der Waals surface area contributed by atoms with Crippen molar-refractivity contribution in [2.45, 2.75) is 13.5 Å². The molecule has 0 saturated carbocycles. The van der Waals surface area contributed by atoms with E-state index in [4.69, 9.17) is 11.6 Å². The van der Waals surface area contributed by atoms with Gasteiger partial charge in [0.25, 0.3) is 5.56 Å². The Kier molecular flexibility index (Phi) is 4.25. The largest absolute Gasteiger partial charge is 0.282 e. The zero-order valence-electron chi connectivity index (χ0n) is 9.45. The Labute approximate surface area is 126 Å². The van der Waals surface area contributed by atoms with Crippen molar-refractivity contribution in [3.63, 3.8) is 0 Å². The van der Waals surface area contributed by atoms with Gasteiger partial charge >= 0.3 is 0 Å². The lowest BCUT2D eigenvalue weighted by atomic mass is 10.1. The molecule has 0 radical (unpaired) electrons. The van der Waals surface area contributed by atoms with E-state index in [1.807, 2.05) is 25.1 Å². The highest BCUT2D eigenvalue weighted by atomic mass is 79.9. The second kappa shape index (κ2) is 5.55. The molecule has 2 rings (SSSR count). The molecule has 1 aromatic carbocycles. The monoisotopic (exact) mass is 390 g/mol. The van der Waals surface area contributed by atoms with E-state index in [9.17, 15) is 4.79 Å². The maximum absolute atomic E-state index is 12.0. The third-order valence-corrected chi connectivity index (χ3v) is 4.72. The van der Waals surface area contributed by atoms with Crippen LogP contribution in [0.2, 0.25) is 5.02 Å². The number of hydrogen-bond acceptors (Lipinski definition) is 2. The van der Waals surface area contributed by atoms with Gasteiger partial charge in [0.2, 0.25) is 0 Å². The Morgan fingerprint density at radius 1 is 1.39 bits per heavy atom. The third kappa shape index (κ3) is 2.84. The van der Waals surface area contributed by atoms with Crippen LogP contribution in [0.25, 0.3) is 0 Å². The Hall–Kier alpha value is -0.650. The molecule has 0 aliphatic rings. The number of halogens is 3. The lowest BCUT2D eigenvalue weighted by molar-refractivity contribution is 0.633. The van der Waals surface area contributed by atoms with Crippen LogP contribution in [-0.2, 0) is 6.54 Å². The van der Waals surface area contributed by atoms with Gasteiger partial charge in [0.1, 0.15) is 4.47 Å². The average molecular weight is 392 g/mol. The molecular weight excluding hydrogens is 383 g/mol. The van der Waals surface area contributed by atoms with E-state index in [0.717, 1.165) is 11.1 Å². The quantitative estimate of drug-likeness (QED) is 0.780. The summed E-state index contributed by atoms with van der Waals surface area (Å²) in [6, 6.07) is 5.73. The fourth-order valence-electron chi connectivity index (χ4n) is 1.50. The maximum Gasteiger partial charge on any atom is 0.282 e. The number of nitrogens with zero attached hydrogens (tertiary/aromatic N) is 2. The van der Waals surface area contributed by atoms with Gasteiger partial charge in [0, 0.05) is 5.02 Å². The van der Waals surface area contributed by atoms with Gasteiger partial charge in [-0.1, -0.05) is 23.7 Å². The Bertz CT molecular complexity index is 655. The zero-order valence-corrected chi connectivity index (χ0v) is 13.4. The van der Waals surface area contributed by atoms with Crippen LogP contribution in [0, 0.1) is 6.92 Å². The molecule has 0 bridgehead atoms. The first-order valence-electron chi connectivity index (χ1n) is 5.15. The molecule has 0 amide bonds. The normalized spacial score (nSPS) is 10.7. The highest BCUT2D eigenvalue weighted by Crippen LogP contribution is 2.19. The highest BCUT2D eigenvalue weighted by Gasteiger charge is 2.08. The van der Waals surface area contributed by atoms with Crippen LogP contribution >= 0.6 is 43.5 Å². The number of benzene rings is 1. The van der Waals surface area contributed by atoms with Gasteiger partial charge in [-0.2, -0.15) is 5.10 Å². The number of hydrogen-bond donors (Lipinski definition) is 0. The summed E-state index contributed by atoms with van der Waals surface area (Å²) in [5.74, 6) is 0. The first-order valence-corrected chi connectivity index (χ1v) is 7.11. The van der Waals surface area contributed by atoms with Crippen LogP contribution in [-0.4, -0.2) is 9.78 Å². The van der Waals surface area contributed by atoms with Crippen molar-refractivity contribution in [2.24, 2.45) is 0 Å². The standard InChI is InChI=1S/C12H9Br2ClN2O/c1-7-2-3-8(10(15)4-7)6-17-12(18)11(14)9(13)5-16-17/h2-5H,6H2,1H3. The molecule has 0 aliphatic heterocycles. The van der Waals surface area contributed by atoms with E-state index >= 15 is 0 Å². The average Bonchev–Trinajstić information content (AvgIpc) is 2.33. The first kappa shape index (κ1) is 13.8. The van der Waals surface area contributed by atoms with Gasteiger partial charge < -0.3 is 0 Å². The van der Waals surface area contributed by atoms with Gasteiger partial charge in [-0.05, 0) is 56.0 Å². The van der Waals surface area contributed by atoms with Crippen molar-refractivity contribution in [3.8, 4) is 0 Å². The van der Waals surface area contributed by atoms with E-state index < -0.39 is 0 Å². The minimum atomic E-state index is -0.194. The molecule has 94 valence electrons. The van der Waals surface area contributed by atoms with Crippen LogP contribution in [0.1, 0.15) is 11.1 Å². The minimum absolute atomic E-state index is 0.194. The van der Waals surface area contributed by atoms with Gasteiger partial charge in [-0.3, -0.25) is 4.79 Å². The van der Waals surface area contributed by atoms with Crippen molar-refractivity contribution < 1.29 is 0 Å². The van der Waals surface area contributed by atoms with Crippen molar-refractivity contribution in [1.82, 2.24) is 9.78 Å². The predicted octanol–water partition coefficient (Wildman–Crippen LogP) is 3.78. The molecule has 1 heterocycles. The Morgan fingerprint density at radius 3 is 2.78 bits per heavy atom. The van der Waals surface area contributed by atoms with E-state index in [2.05, 4.69) is 37.0 Å². The lowest BCUT2D eigenvalue weighted by Crippen LogP contribution is -2.24. The number of aryl methyl sites for hydroxylation is 1. The molecule has 1 aromatic heterocycles. The lowest BCUT2D eigenvalue weighted by Gasteiger charge is -2.08. The van der Waals surface area contributed by atoms with Crippen molar-refractivity contribution in [3.05, 3.63) is 59.8 Å². The molecule has 0 unspecified atom stereocenters. The van der Waals surface area contributed by atoms with E-state index in [-0.39, 0.29) is 5.56 Å². The summed E-state index contributed by atoms with van der Waals surface area (Å²) in [5.41, 5.74) is 1.76. The summed E-state index contributed by atoms with van der Waals surface area (Å²) >= 11 is 12.6. The minimum Gasteiger partial charge on any atom is -0.266 e. The SMILES string of the molecule is Cc1ccc(Cn2ncc(Br)c(Br)c2=O)c(Cl)c1. The van der Waals surface area contributed by atoms with E-state index in [1.54, 1.807) is 6.20 Å². The van der Waals surface area contributed by atoms with Crippen LogP contribution in [0.4, 0.5) is 0 Å². The van der Waals surface area contributed by atoms with Crippen molar-refractivity contribution >= 4 is 43.5 Å². The maximum atomic E-state index is 12.0. The summed E-state index contributed by atoms with van der Waals surface area (Å²) in [5, 5.41) is 4.71. The summed E-state index contributed by atoms with van der Waals surface area (Å²) in [6.45, 7) is 2.32.